The van der Waals surface area contributed by atoms with Crippen molar-refractivity contribution in [2.45, 2.75) is 36.7 Å². The van der Waals surface area contributed by atoms with Crippen LogP contribution in [-0.2, 0) is 45.9 Å². The number of aromatic nitrogens is 12. The molecule has 0 bridgehead atoms. The van der Waals surface area contributed by atoms with Crippen LogP contribution in [0.4, 0.5) is 0 Å². The Morgan fingerprint density at radius 3 is 1.54 bits per heavy atom. The Hall–Kier alpha value is -0.625. The third-order valence-corrected chi connectivity index (χ3v) is 8.71. The first-order valence-electron chi connectivity index (χ1n) is 15.3. The van der Waals surface area contributed by atoms with Crippen LogP contribution < -0.4 is 40.7 Å². The summed E-state index contributed by atoms with van der Waals surface area (Å²) in [6, 6.07) is 2.91. The van der Waals surface area contributed by atoms with Crippen molar-refractivity contribution < 1.29 is 40.9 Å². The number of carbonyl (C=O) groups is 1. The minimum absolute atomic E-state index is 0. The van der Waals surface area contributed by atoms with Crippen LogP contribution in [0.2, 0.25) is 20.1 Å². The number of halogens is 8. The van der Waals surface area contributed by atoms with Crippen LogP contribution >= 0.6 is 137 Å². The zero-order valence-electron chi connectivity index (χ0n) is 33.2. The molecule has 6 heterocycles. The second-order valence-electron chi connectivity index (χ2n) is 10.7. The molecule has 4 N–H and O–H groups in total. The molecule has 6 aromatic rings. The Bertz CT molecular complexity index is 2280. The molecule has 0 aromatic carbocycles. The Labute approximate surface area is 428 Å². The molecule has 0 fully saturated rings. The number of aliphatic hydroxyl groups excluding tert-OH is 1. The van der Waals surface area contributed by atoms with Gasteiger partial charge in [-0.15, -0.1) is 0 Å². The summed E-state index contributed by atoms with van der Waals surface area (Å²) in [5, 5.41) is 28.0. The topological polar surface area (TPSA) is 203 Å². The van der Waals surface area contributed by atoms with Crippen LogP contribution in [0.25, 0.3) is 0 Å². The van der Waals surface area contributed by atoms with Crippen LogP contribution in [0.1, 0.15) is 40.4 Å². The van der Waals surface area contributed by atoms with E-state index < -0.39 is 0 Å². The molecule has 0 unspecified atom stereocenters. The number of nitrogens with one attached hydrogen (secondary N) is 3. The van der Waals surface area contributed by atoms with E-state index in [0.29, 0.717) is 59.4 Å². The van der Waals surface area contributed by atoms with Crippen molar-refractivity contribution >= 4 is 152 Å². The predicted molar refractivity (Wildman–Crippen MR) is 254 cm³/mol. The van der Waals surface area contributed by atoms with E-state index in [1.54, 1.807) is 66.8 Å². The van der Waals surface area contributed by atoms with Gasteiger partial charge in [0.25, 0.3) is 11.1 Å². The van der Waals surface area contributed by atoms with Gasteiger partial charge in [-0.05, 0) is 72.5 Å². The van der Waals surface area contributed by atoms with E-state index >= 15 is 0 Å². The van der Waals surface area contributed by atoms with Gasteiger partial charge in [-0.25, -0.2) is 4.98 Å². The Morgan fingerprint density at radius 1 is 0.797 bits per heavy atom. The first-order valence-corrected chi connectivity index (χ1v) is 26.7. The van der Waals surface area contributed by atoms with Crippen LogP contribution in [-0.4, -0.2) is 78.9 Å². The van der Waals surface area contributed by atoms with Crippen molar-refractivity contribution in [2.24, 2.45) is 28.2 Å². The molecule has 0 saturated heterocycles. The summed E-state index contributed by atoms with van der Waals surface area (Å²) in [5.41, 5.74) is 3.66. The normalized spacial score (nSPS) is 9.69. The minimum Gasteiger partial charge on any atom is -1.00 e. The summed E-state index contributed by atoms with van der Waals surface area (Å²) in [7, 11) is 7.12. The summed E-state index contributed by atoms with van der Waals surface area (Å²) in [6.45, 7) is 3.47. The monoisotopic (exact) mass is 1210 g/mol. The number of aryl methyl sites for hydroxylation is 6. The third kappa shape index (κ3) is 25.9. The second-order valence-corrected chi connectivity index (χ2v) is 29.6. The van der Waals surface area contributed by atoms with Crippen LogP contribution in [0.5, 0.6) is 0 Å². The number of thioether (sulfide) groups is 1. The number of alkyl halides is 1. The molecule has 0 aliphatic rings. The number of H-pyrrole nitrogens is 3. The van der Waals surface area contributed by atoms with Gasteiger partial charge in [0.1, 0.15) is 15.4 Å². The van der Waals surface area contributed by atoms with E-state index in [1.165, 1.54) is 28.6 Å². The average Bonchev–Trinajstić information content (AvgIpc) is 3.82. The zero-order chi connectivity index (χ0) is 43.4. The third-order valence-electron chi connectivity index (χ3n) is 5.85. The zero-order valence-corrected chi connectivity index (χ0v) is 46.1. The number of hydrogen-bond acceptors (Lipinski definition) is 11. The number of aliphatic hydroxyl groups is 1. The van der Waals surface area contributed by atoms with Gasteiger partial charge in [-0.1, -0.05) is 74.1 Å². The molecule has 0 aliphatic heterocycles. The van der Waals surface area contributed by atoms with E-state index in [2.05, 4.69) is 115 Å². The molecule has 16 nitrogen and oxygen atoms in total. The van der Waals surface area contributed by atoms with Gasteiger partial charge in [-0.2, -0.15) is 20.4 Å². The maximum atomic E-state index is 11.2. The van der Waals surface area contributed by atoms with Crippen molar-refractivity contribution in [3.63, 3.8) is 0 Å². The van der Waals surface area contributed by atoms with Crippen molar-refractivity contribution in [2.75, 3.05) is 0 Å². The quantitative estimate of drug-likeness (QED) is 0.0288. The maximum Gasteiger partial charge on any atom is 1.00 e. The number of aromatic amines is 3. The van der Waals surface area contributed by atoms with Gasteiger partial charge in [0, 0.05) is 96.0 Å². The van der Waals surface area contributed by atoms with Gasteiger partial charge < -0.3 is 16.5 Å². The summed E-state index contributed by atoms with van der Waals surface area (Å²) in [6.07, 6.45) is 7.36. The molecule has 0 amide bonds. The number of rotatable bonds is 6. The number of aldehydes is 1. The fourth-order valence-electron chi connectivity index (χ4n) is 3.72. The number of hydrogen-bond donors (Lipinski definition) is 4. The van der Waals surface area contributed by atoms with Crippen molar-refractivity contribution in [3.05, 3.63) is 117 Å². The van der Waals surface area contributed by atoms with Crippen molar-refractivity contribution in [3.8, 4) is 0 Å². The molecule has 0 spiro atoms. The fourth-order valence-corrected chi connectivity index (χ4v) is 6.46. The van der Waals surface area contributed by atoms with Crippen LogP contribution in [0, 0.1) is 18.6 Å². The molecule has 29 heteroatoms. The van der Waals surface area contributed by atoms with Crippen molar-refractivity contribution in [1.29, 1.82) is 0 Å². The molecule has 59 heavy (non-hydrogen) atoms. The molecule has 0 atom stereocenters. The molecule has 6 aromatic heterocycles. The van der Waals surface area contributed by atoms with E-state index in [-0.39, 0.29) is 61.2 Å². The largest absolute Gasteiger partial charge is 1.00 e. The van der Waals surface area contributed by atoms with Gasteiger partial charge in [-0.3, -0.25) is 38.1 Å². The van der Waals surface area contributed by atoms with Crippen LogP contribution in [0.15, 0.2) is 51.7 Å². The first kappa shape index (κ1) is 60.5. The molecule has 0 aliphatic carbocycles. The molecule has 317 valence electrons. The Kier molecular flexibility index (Phi) is 32.9. The summed E-state index contributed by atoms with van der Waals surface area (Å²) in [4.78, 5) is 44.0. The van der Waals surface area contributed by atoms with Gasteiger partial charge in [0.15, 0.2) is 16.2 Å². The van der Waals surface area contributed by atoms with E-state index in [9.17, 15) is 14.4 Å². The SMILES string of the molecule is BrP(Br)Br.Cc1cc(=O)[nH]c(=S)[nH]1.Cc1cc(=O)[nH]c(SCc2nn(C)cc2Cl)n1.Cn1cc(Cl)c(C=O)n1.Cn1cc(Cl)c(CBr)n1.Cn1cc(Cl)c(CO)n1.[B].[H-].[Na+]. The first-order chi connectivity index (χ1) is 26.7. The fraction of sp³-hybridized carbons (Fsp3) is 0.300. The smallest absolute Gasteiger partial charge is 1.00 e. The number of carbonyl (C=O) groups excluding carboxylic acids is 1. The molecular weight excluding hydrogens is 1180 g/mol. The van der Waals surface area contributed by atoms with E-state index in [1.807, 2.05) is 14.1 Å². The van der Waals surface area contributed by atoms with Gasteiger partial charge >= 0.3 is 29.6 Å². The molecular formula is C30H36BBr4Cl4N12NaO4PS2. The molecule has 0 saturated carbocycles. The second kappa shape index (κ2) is 32.1. The molecule has 6 rings (SSSR count). The Balaban J connectivity index is -0.000000671. The summed E-state index contributed by atoms with van der Waals surface area (Å²) >= 11 is 41.7. The van der Waals surface area contributed by atoms with Crippen LogP contribution in [0.3, 0.4) is 0 Å². The predicted octanol–water partition coefficient (Wildman–Crippen LogP) is 6.05. The standard InChI is InChI=1S/C10H11ClN4OS.C5H6BrClN2.C5H7ClN2O.C5H5ClN2O.C5H6N2OS.B.Br3P.Na.H/c1-6-3-9(16)13-10(12-6)17-5-8-7(11)4-15(2)14-8;1-9-3-4(7)5(2-6)8-9;2*1-8-2-4(6)5(3-9)7-8;1-3-2-4(8)7-5(9)6-3;;1-4(2)3;;/h3-4H,5H2,1-2H3,(H,12,13,16);3H,2H2,1H3;2,9H,3H2,1H3;2-3H,1H3;2H,1H3,(H2,6,7,8,9);;;;/q;;;;;;;+1;-1. The Morgan fingerprint density at radius 2 is 1.24 bits per heavy atom. The van der Waals surface area contributed by atoms with E-state index in [4.69, 9.17) is 51.5 Å². The minimum atomic E-state index is -0.183. The van der Waals surface area contributed by atoms with E-state index in [0.717, 1.165) is 22.1 Å². The summed E-state index contributed by atoms with van der Waals surface area (Å²) in [5.74, 6) is 0.575. The maximum absolute atomic E-state index is 11.2. The molecule has 3 radical (unpaired) electrons. The van der Waals surface area contributed by atoms with Crippen molar-refractivity contribution in [1.82, 2.24) is 59.1 Å². The average molecular weight is 1220 g/mol. The summed E-state index contributed by atoms with van der Waals surface area (Å²) < 4.78 is 6.60. The van der Waals surface area contributed by atoms with Gasteiger partial charge in [0.2, 0.25) is 0 Å². The van der Waals surface area contributed by atoms with Gasteiger partial charge in [0.05, 0.1) is 38.1 Å². The number of nitrogens with zero attached hydrogens (tertiary/aromatic N) is 9.